The van der Waals surface area contributed by atoms with Gasteiger partial charge in [-0.05, 0) is 42.6 Å². The molecule has 1 unspecified atom stereocenters. The highest BCUT2D eigenvalue weighted by Crippen LogP contribution is 2.33. The zero-order valence-electron chi connectivity index (χ0n) is 9.20. The number of halogens is 1. The van der Waals surface area contributed by atoms with E-state index in [9.17, 15) is 0 Å². The molecule has 0 aliphatic rings. The Bertz CT molecular complexity index is 481. The van der Waals surface area contributed by atoms with E-state index in [1.807, 2.05) is 37.0 Å². The van der Waals surface area contributed by atoms with Crippen LogP contribution in [0.2, 0.25) is 5.02 Å². The summed E-state index contributed by atoms with van der Waals surface area (Å²) in [5.41, 5.74) is 2.40. The Labute approximate surface area is 104 Å². The van der Waals surface area contributed by atoms with E-state index in [2.05, 4.69) is 17.2 Å². The highest BCUT2D eigenvalue weighted by Gasteiger charge is 2.18. The fourth-order valence-electron chi connectivity index (χ4n) is 1.72. The van der Waals surface area contributed by atoms with E-state index in [1.54, 1.807) is 11.3 Å². The van der Waals surface area contributed by atoms with Gasteiger partial charge in [0.15, 0.2) is 0 Å². The van der Waals surface area contributed by atoms with Gasteiger partial charge in [-0.2, -0.15) is 0 Å². The molecule has 1 N–H and O–H groups in total. The lowest BCUT2D eigenvalue weighted by molar-refractivity contribution is 0.696. The fraction of sp³-hybridized carbons (Fsp3) is 0.250. The minimum absolute atomic E-state index is 0.126. The molecule has 0 spiro atoms. The lowest BCUT2D eigenvalue weighted by Crippen LogP contribution is -2.18. The summed E-state index contributed by atoms with van der Waals surface area (Å²) >= 11 is 7.83. The SMILES string of the molecule is CNC(c1cnccc1C)c1sccc1Cl. The van der Waals surface area contributed by atoms with Crippen molar-refractivity contribution in [3.05, 3.63) is 50.9 Å². The maximum absolute atomic E-state index is 6.17. The van der Waals surface area contributed by atoms with Gasteiger partial charge < -0.3 is 5.32 Å². The summed E-state index contributed by atoms with van der Waals surface area (Å²) in [5, 5.41) is 6.11. The van der Waals surface area contributed by atoms with Crippen LogP contribution in [0.3, 0.4) is 0 Å². The van der Waals surface area contributed by atoms with Crippen LogP contribution in [0.4, 0.5) is 0 Å². The molecule has 0 aromatic carbocycles. The van der Waals surface area contributed by atoms with Crippen molar-refractivity contribution in [2.45, 2.75) is 13.0 Å². The molecule has 2 aromatic rings. The molecule has 0 aliphatic heterocycles. The molecule has 0 saturated heterocycles. The molecule has 4 heteroatoms. The van der Waals surface area contributed by atoms with Gasteiger partial charge in [0.05, 0.1) is 11.1 Å². The molecule has 0 aliphatic carbocycles. The molecule has 0 radical (unpaired) electrons. The maximum atomic E-state index is 6.17. The van der Waals surface area contributed by atoms with Gasteiger partial charge in [0.2, 0.25) is 0 Å². The summed E-state index contributed by atoms with van der Waals surface area (Å²) in [5.74, 6) is 0. The van der Waals surface area contributed by atoms with Crippen LogP contribution in [0.5, 0.6) is 0 Å². The molecular weight excluding hydrogens is 240 g/mol. The second-order valence-corrected chi connectivity index (χ2v) is 4.94. The number of hydrogen-bond acceptors (Lipinski definition) is 3. The van der Waals surface area contributed by atoms with Crippen LogP contribution >= 0.6 is 22.9 Å². The van der Waals surface area contributed by atoms with Crippen LogP contribution in [-0.4, -0.2) is 12.0 Å². The second-order valence-electron chi connectivity index (χ2n) is 3.59. The van der Waals surface area contributed by atoms with Crippen LogP contribution in [-0.2, 0) is 0 Å². The van der Waals surface area contributed by atoms with E-state index in [-0.39, 0.29) is 6.04 Å². The van der Waals surface area contributed by atoms with E-state index in [4.69, 9.17) is 11.6 Å². The lowest BCUT2D eigenvalue weighted by Gasteiger charge is -2.17. The number of pyridine rings is 1. The van der Waals surface area contributed by atoms with E-state index in [0.29, 0.717) is 0 Å². The van der Waals surface area contributed by atoms with Crippen LogP contribution in [0, 0.1) is 6.92 Å². The van der Waals surface area contributed by atoms with Gasteiger partial charge in [-0.15, -0.1) is 11.3 Å². The molecule has 0 bridgehead atoms. The molecule has 84 valence electrons. The van der Waals surface area contributed by atoms with Crippen molar-refractivity contribution >= 4 is 22.9 Å². The molecule has 0 fully saturated rings. The van der Waals surface area contributed by atoms with Gasteiger partial charge in [-0.1, -0.05) is 11.6 Å². The van der Waals surface area contributed by atoms with Crippen molar-refractivity contribution in [1.82, 2.24) is 10.3 Å². The predicted molar refractivity (Wildman–Crippen MR) is 69.2 cm³/mol. The molecule has 0 saturated carbocycles. The number of thiophene rings is 1. The Morgan fingerprint density at radius 2 is 2.25 bits per heavy atom. The summed E-state index contributed by atoms with van der Waals surface area (Å²) < 4.78 is 0. The first-order chi connectivity index (χ1) is 7.74. The molecule has 2 heterocycles. The topological polar surface area (TPSA) is 24.9 Å². The minimum Gasteiger partial charge on any atom is -0.309 e. The Morgan fingerprint density at radius 3 is 2.81 bits per heavy atom. The van der Waals surface area contributed by atoms with Crippen molar-refractivity contribution in [2.24, 2.45) is 0 Å². The van der Waals surface area contributed by atoms with Gasteiger partial charge in [0.1, 0.15) is 0 Å². The van der Waals surface area contributed by atoms with E-state index >= 15 is 0 Å². The number of aryl methyl sites for hydroxylation is 1. The van der Waals surface area contributed by atoms with Gasteiger partial charge >= 0.3 is 0 Å². The third-order valence-corrected chi connectivity index (χ3v) is 4.01. The van der Waals surface area contributed by atoms with Crippen LogP contribution in [0.15, 0.2) is 29.9 Å². The quantitative estimate of drug-likeness (QED) is 0.906. The molecule has 0 amide bonds. The summed E-state index contributed by atoms with van der Waals surface area (Å²) in [7, 11) is 1.94. The monoisotopic (exact) mass is 252 g/mol. The first-order valence-corrected chi connectivity index (χ1v) is 6.30. The molecule has 16 heavy (non-hydrogen) atoms. The predicted octanol–water partition coefficient (Wildman–Crippen LogP) is 3.41. The maximum Gasteiger partial charge on any atom is 0.0701 e. The lowest BCUT2D eigenvalue weighted by atomic mass is 10.0. The van der Waals surface area contributed by atoms with Gasteiger partial charge in [-0.25, -0.2) is 0 Å². The summed E-state index contributed by atoms with van der Waals surface area (Å²) in [6.45, 7) is 2.09. The van der Waals surface area contributed by atoms with Gasteiger partial charge in [-0.3, -0.25) is 4.98 Å². The number of nitrogens with one attached hydrogen (secondary N) is 1. The highest BCUT2D eigenvalue weighted by atomic mass is 35.5. The highest BCUT2D eigenvalue weighted by molar-refractivity contribution is 7.10. The largest absolute Gasteiger partial charge is 0.309 e. The van der Waals surface area contributed by atoms with E-state index in [1.165, 1.54) is 11.1 Å². The Morgan fingerprint density at radius 1 is 1.44 bits per heavy atom. The zero-order chi connectivity index (χ0) is 11.5. The van der Waals surface area contributed by atoms with Crippen molar-refractivity contribution in [2.75, 3.05) is 7.05 Å². The van der Waals surface area contributed by atoms with E-state index in [0.717, 1.165) is 9.90 Å². The summed E-state index contributed by atoms with van der Waals surface area (Å²) in [6.07, 6.45) is 3.70. The van der Waals surface area contributed by atoms with Crippen molar-refractivity contribution in [1.29, 1.82) is 0 Å². The molecular formula is C12H13ClN2S. The summed E-state index contributed by atoms with van der Waals surface area (Å²) in [6, 6.07) is 4.07. The number of hydrogen-bond donors (Lipinski definition) is 1. The molecule has 1 atom stereocenters. The van der Waals surface area contributed by atoms with Crippen LogP contribution in [0.1, 0.15) is 22.0 Å². The third-order valence-electron chi connectivity index (χ3n) is 2.59. The minimum atomic E-state index is 0.126. The van der Waals surface area contributed by atoms with Crippen molar-refractivity contribution < 1.29 is 0 Å². The Balaban J connectivity index is 2.45. The van der Waals surface area contributed by atoms with Gasteiger partial charge in [0, 0.05) is 17.3 Å². The Kier molecular flexibility index (Phi) is 3.59. The molecule has 2 aromatic heterocycles. The third kappa shape index (κ3) is 2.12. The molecule has 2 nitrogen and oxygen atoms in total. The van der Waals surface area contributed by atoms with Crippen molar-refractivity contribution in [3.8, 4) is 0 Å². The normalized spacial score (nSPS) is 12.7. The number of rotatable bonds is 3. The number of nitrogens with zero attached hydrogens (tertiary/aromatic N) is 1. The summed E-state index contributed by atoms with van der Waals surface area (Å²) in [4.78, 5) is 5.31. The van der Waals surface area contributed by atoms with Crippen LogP contribution in [0.25, 0.3) is 0 Å². The van der Waals surface area contributed by atoms with E-state index < -0.39 is 0 Å². The fourth-order valence-corrected chi connectivity index (χ4v) is 3.01. The average Bonchev–Trinajstić information content (AvgIpc) is 2.69. The van der Waals surface area contributed by atoms with Gasteiger partial charge in [0.25, 0.3) is 0 Å². The van der Waals surface area contributed by atoms with Crippen LogP contribution < -0.4 is 5.32 Å². The smallest absolute Gasteiger partial charge is 0.0701 e. The average molecular weight is 253 g/mol. The Hall–Kier alpha value is -0.900. The first-order valence-electron chi connectivity index (χ1n) is 5.04. The first kappa shape index (κ1) is 11.6. The number of aromatic nitrogens is 1. The second kappa shape index (κ2) is 4.95. The molecule has 2 rings (SSSR count). The zero-order valence-corrected chi connectivity index (χ0v) is 10.8. The van der Waals surface area contributed by atoms with Crippen molar-refractivity contribution in [3.63, 3.8) is 0 Å². The standard InChI is InChI=1S/C12H13ClN2S/c1-8-3-5-15-7-9(8)11(14-2)12-10(13)4-6-16-12/h3-7,11,14H,1-2H3.